The average Bonchev–Trinajstić information content (AvgIpc) is 2.42. The van der Waals surface area contributed by atoms with Gasteiger partial charge in [-0.1, -0.05) is 23.8 Å². The Morgan fingerprint density at radius 3 is 1.75 bits per heavy atom. The largest absolute Gasteiger partial charge is 0.294 e. The number of hydrogen-bond donors (Lipinski definition) is 1. The third kappa shape index (κ3) is 9.75. The van der Waals surface area contributed by atoms with Crippen molar-refractivity contribution in [2.75, 3.05) is 5.34 Å². The Hall–Kier alpha value is -1.14. The molecule has 1 aromatic heterocycles. The second-order valence-electron chi connectivity index (χ2n) is 3.41. The van der Waals surface area contributed by atoms with Crippen LogP contribution in [0.1, 0.15) is 5.56 Å². The highest BCUT2D eigenvalue weighted by molar-refractivity contribution is 7.85. The van der Waals surface area contributed by atoms with Crippen LogP contribution >= 0.6 is 23.2 Å². The van der Waals surface area contributed by atoms with Gasteiger partial charge in [0.25, 0.3) is 10.1 Å². The van der Waals surface area contributed by atoms with E-state index < -0.39 is 10.1 Å². The molecule has 0 saturated heterocycles. The van der Waals surface area contributed by atoms with E-state index in [9.17, 15) is 8.42 Å². The minimum absolute atomic E-state index is 0.0666. The van der Waals surface area contributed by atoms with Gasteiger partial charge < -0.3 is 0 Å². The number of nitrogens with zero attached hydrogens (tertiary/aromatic N) is 1. The molecule has 0 amide bonds. The molecule has 7 heteroatoms. The van der Waals surface area contributed by atoms with Crippen LogP contribution in [0.4, 0.5) is 0 Å². The summed E-state index contributed by atoms with van der Waals surface area (Å²) in [6.45, 7) is 1.84. The van der Waals surface area contributed by atoms with Gasteiger partial charge in [0.1, 0.15) is 0 Å². The Morgan fingerprint density at radius 2 is 1.50 bits per heavy atom. The first-order valence-electron chi connectivity index (χ1n) is 5.43. The van der Waals surface area contributed by atoms with Crippen LogP contribution < -0.4 is 0 Å². The number of pyridine rings is 1. The number of alkyl halides is 2. The molecule has 0 bridgehead atoms. The maximum atomic E-state index is 10.5. The van der Waals surface area contributed by atoms with Crippen LogP contribution in [0.3, 0.4) is 0 Å². The van der Waals surface area contributed by atoms with Crippen molar-refractivity contribution in [1.29, 1.82) is 0 Å². The van der Waals surface area contributed by atoms with E-state index >= 15 is 0 Å². The molecular formula is C13H15Cl2NO3S. The Morgan fingerprint density at radius 1 is 1.05 bits per heavy atom. The molecule has 2 aromatic rings. The molecular weight excluding hydrogens is 321 g/mol. The van der Waals surface area contributed by atoms with Crippen molar-refractivity contribution in [1.82, 2.24) is 4.98 Å². The van der Waals surface area contributed by atoms with Crippen molar-refractivity contribution < 1.29 is 13.0 Å². The number of aryl methyl sites for hydroxylation is 1. The van der Waals surface area contributed by atoms with Gasteiger partial charge in [0.05, 0.1) is 10.2 Å². The van der Waals surface area contributed by atoms with Crippen molar-refractivity contribution in [3.8, 4) is 0 Å². The second kappa shape index (κ2) is 10.6. The molecule has 0 spiro atoms. The first-order valence-corrected chi connectivity index (χ1v) is 7.93. The molecule has 0 aliphatic rings. The fourth-order valence-corrected chi connectivity index (χ4v) is 1.50. The van der Waals surface area contributed by atoms with Crippen molar-refractivity contribution in [3.05, 3.63) is 60.4 Å². The van der Waals surface area contributed by atoms with Gasteiger partial charge in [-0.3, -0.25) is 9.54 Å². The van der Waals surface area contributed by atoms with Crippen LogP contribution in [0.15, 0.2) is 59.8 Å². The number of benzene rings is 1. The number of halogens is 2. The first-order chi connectivity index (χ1) is 9.41. The van der Waals surface area contributed by atoms with Gasteiger partial charge in [-0.25, -0.2) is 0 Å². The van der Waals surface area contributed by atoms with Crippen LogP contribution in [0.2, 0.25) is 0 Å². The Balaban J connectivity index is 0.000000336. The van der Waals surface area contributed by atoms with Crippen LogP contribution in [-0.2, 0) is 10.1 Å². The standard InChI is InChI=1S/C7H8O3S.C5H5N.CH2Cl2/c1-6-2-4-7(5-3-6)11(8,9)10;1-2-4-6-5-3-1;2-1-3/h2-5H,1H3,(H,8,9,10);1-5H;1H2. The lowest BCUT2D eigenvalue weighted by Gasteiger charge is -1.95. The number of hydrogen-bond acceptors (Lipinski definition) is 3. The lowest BCUT2D eigenvalue weighted by Crippen LogP contribution is -1.96. The molecule has 1 heterocycles. The summed E-state index contributed by atoms with van der Waals surface area (Å²) in [5.74, 6) is 0. The summed E-state index contributed by atoms with van der Waals surface area (Å²) in [7, 11) is -4.02. The predicted molar refractivity (Wildman–Crippen MR) is 81.8 cm³/mol. The Labute approximate surface area is 129 Å². The maximum absolute atomic E-state index is 10.5. The van der Waals surface area contributed by atoms with Crippen LogP contribution in [0, 0.1) is 6.92 Å². The Bertz CT molecular complexity index is 533. The lowest BCUT2D eigenvalue weighted by molar-refractivity contribution is 0.483. The smallest absolute Gasteiger partial charge is 0.282 e. The van der Waals surface area contributed by atoms with Crippen molar-refractivity contribution in [2.24, 2.45) is 0 Å². The summed E-state index contributed by atoms with van der Waals surface area (Å²) in [6.07, 6.45) is 3.50. The molecule has 0 saturated carbocycles. The van der Waals surface area contributed by atoms with E-state index in [1.807, 2.05) is 25.1 Å². The molecule has 0 aliphatic carbocycles. The minimum Gasteiger partial charge on any atom is -0.282 e. The molecule has 4 nitrogen and oxygen atoms in total. The molecule has 1 N–H and O–H groups in total. The van der Waals surface area contributed by atoms with E-state index in [-0.39, 0.29) is 10.2 Å². The van der Waals surface area contributed by atoms with Crippen LogP contribution in [-0.4, -0.2) is 23.3 Å². The zero-order valence-electron chi connectivity index (χ0n) is 10.8. The van der Waals surface area contributed by atoms with Crippen molar-refractivity contribution in [3.63, 3.8) is 0 Å². The zero-order chi connectivity index (χ0) is 15.4. The molecule has 20 heavy (non-hydrogen) atoms. The van der Waals surface area contributed by atoms with Gasteiger partial charge in [0.15, 0.2) is 0 Å². The first kappa shape index (κ1) is 18.9. The SMILES string of the molecule is Cc1ccc(S(=O)(=O)O)cc1.ClCCl.c1ccncc1. The quantitative estimate of drug-likeness (QED) is 0.636. The lowest BCUT2D eigenvalue weighted by atomic mass is 10.2. The van der Waals surface area contributed by atoms with Gasteiger partial charge in [-0.15, -0.1) is 23.2 Å². The third-order valence-electron chi connectivity index (χ3n) is 1.89. The van der Waals surface area contributed by atoms with E-state index in [4.69, 9.17) is 27.8 Å². The monoisotopic (exact) mass is 335 g/mol. The Kier molecular flexibility index (Phi) is 10.0. The molecule has 0 radical (unpaired) electrons. The van der Waals surface area contributed by atoms with E-state index in [0.717, 1.165) is 5.56 Å². The highest BCUT2D eigenvalue weighted by Gasteiger charge is 2.06. The van der Waals surface area contributed by atoms with Crippen molar-refractivity contribution in [2.45, 2.75) is 11.8 Å². The van der Waals surface area contributed by atoms with Crippen LogP contribution in [0.25, 0.3) is 0 Å². The summed E-state index contributed by atoms with van der Waals surface area (Å²) >= 11 is 9.53. The molecule has 1 aromatic carbocycles. The topological polar surface area (TPSA) is 67.3 Å². The van der Waals surface area contributed by atoms with Crippen molar-refractivity contribution >= 4 is 33.3 Å². The molecule has 0 unspecified atom stereocenters. The molecule has 0 aliphatic heterocycles. The predicted octanol–water partition coefficient (Wildman–Crippen LogP) is 3.74. The summed E-state index contributed by atoms with van der Waals surface area (Å²) in [5, 5.41) is 0.194. The molecule has 0 fully saturated rings. The number of rotatable bonds is 1. The van der Waals surface area contributed by atoms with Gasteiger partial charge >= 0.3 is 0 Å². The average molecular weight is 336 g/mol. The van der Waals surface area contributed by atoms with Gasteiger partial charge in [0, 0.05) is 12.4 Å². The highest BCUT2D eigenvalue weighted by atomic mass is 35.5. The minimum atomic E-state index is -4.02. The molecule has 2 rings (SSSR count). The van der Waals surface area contributed by atoms with E-state index in [1.165, 1.54) is 12.1 Å². The fourth-order valence-electron chi connectivity index (χ4n) is 1.02. The van der Waals surface area contributed by atoms with E-state index in [1.54, 1.807) is 24.5 Å². The third-order valence-corrected chi connectivity index (χ3v) is 2.75. The summed E-state index contributed by atoms with van der Waals surface area (Å²) in [4.78, 5) is 3.72. The van der Waals surface area contributed by atoms with E-state index in [2.05, 4.69) is 4.98 Å². The maximum Gasteiger partial charge on any atom is 0.294 e. The summed E-state index contributed by atoms with van der Waals surface area (Å²) in [6, 6.07) is 11.7. The van der Waals surface area contributed by atoms with Crippen LogP contribution in [0.5, 0.6) is 0 Å². The van der Waals surface area contributed by atoms with Gasteiger partial charge in [-0.05, 0) is 31.2 Å². The molecule has 0 atom stereocenters. The number of aromatic nitrogens is 1. The second-order valence-corrected chi connectivity index (χ2v) is 5.64. The van der Waals surface area contributed by atoms with Gasteiger partial charge in [-0.2, -0.15) is 8.42 Å². The van der Waals surface area contributed by atoms with Gasteiger partial charge in [0.2, 0.25) is 0 Å². The summed E-state index contributed by atoms with van der Waals surface area (Å²) < 4.78 is 29.6. The highest BCUT2D eigenvalue weighted by Crippen LogP contribution is 2.08. The van der Waals surface area contributed by atoms with E-state index in [0.29, 0.717) is 0 Å². The zero-order valence-corrected chi connectivity index (χ0v) is 13.1. The normalized spacial score (nSPS) is 9.60. The summed E-state index contributed by atoms with van der Waals surface area (Å²) in [5.41, 5.74) is 0.956. The molecule has 110 valence electrons. The fraction of sp³-hybridized carbons (Fsp3) is 0.154.